The molecule has 1 heterocycles. The number of fused-ring (bicyclic) bond motifs is 1. The first kappa shape index (κ1) is 16.9. The molecule has 1 aromatic heterocycles. The number of benzene rings is 1. The number of carboxylic acid groups (broad SMARTS) is 1. The SMILES string of the molecule is Cn1cc(C(=O)O)c(=O)c2cc(F)c(NCCOCCO)cc21. The molecule has 0 unspecified atom stereocenters. The van der Waals surface area contributed by atoms with Crippen molar-refractivity contribution in [3.8, 4) is 0 Å². The number of aromatic carboxylic acids is 1. The number of hydrogen-bond donors (Lipinski definition) is 3. The highest BCUT2D eigenvalue weighted by atomic mass is 19.1. The summed E-state index contributed by atoms with van der Waals surface area (Å²) in [4.78, 5) is 23.1. The van der Waals surface area contributed by atoms with Crippen molar-refractivity contribution in [3.63, 3.8) is 0 Å². The van der Waals surface area contributed by atoms with Gasteiger partial charge in [-0.15, -0.1) is 0 Å². The molecule has 0 saturated heterocycles. The maximum atomic E-state index is 14.1. The zero-order valence-corrected chi connectivity index (χ0v) is 12.5. The molecule has 0 aliphatic heterocycles. The highest BCUT2D eigenvalue weighted by molar-refractivity contribution is 5.93. The van der Waals surface area contributed by atoms with E-state index in [9.17, 15) is 14.0 Å². The molecule has 0 aliphatic carbocycles. The number of nitrogens with zero attached hydrogens (tertiary/aromatic N) is 1. The largest absolute Gasteiger partial charge is 0.477 e. The highest BCUT2D eigenvalue weighted by Crippen LogP contribution is 2.21. The van der Waals surface area contributed by atoms with Gasteiger partial charge in [0.25, 0.3) is 0 Å². The summed E-state index contributed by atoms with van der Waals surface area (Å²) in [5.41, 5.74) is -0.525. The van der Waals surface area contributed by atoms with E-state index in [1.165, 1.54) is 16.8 Å². The van der Waals surface area contributed by atoms with Crippen LogP contribution in [0.1, 0.15) is 10.4 Å². The summed E-state index contributed by atoms with van der Waals surface area (Å²) in [7, 11) is 1.58. The van der Waals surface area contributed by atoms with Crippen LogP contribution in [0.2, 0.25) is 0 Å². The van der Waals surface area contributed by atoms with Gasteiger partial charge in [-0.2, -0.15) is 0 Å². The molecule has 23 heavy (non-hydrogen) atoms. The van der Waals surface area contributed by atoms with Crippen LogP contribution >= 0.6 is 0 Å². The summed E-state index contributed by atoms with van der Waals surface area (Å²) in [5, 5.41) is 20.4. The summed E-state index contributed by atoms with van der Waals surface area (Å²) < 4.78 is 20.6. The van der Waals surface area contributed by atoms with Crippen LogP contribution in [0.4, 0.5) is 10.1 Å². The lowest BCUT2D eigenvalue weighted by Gasteiger charge is -2.12. The Labute approximate surface area is 130 Å². The van der Waals surface area contributed by atoms with E-state index < -0.39 is 22.8 Å². The van der Waals surface area contributed by atoms with Gasteiger partial charge in [0.1, 0.15) is 11.4 Å². The summed E-state index contributed by atoms with van der Waals surface area (Å²) in [6.45, 7) is 0.727. The Bertz CT molecular complexity index is 788. The first-order chi connectivity index (χ1) is 11.0. The third-order valence-electron chi connectivity index (χ3n) is 3.31. The lowest BCUT2D eigenvalue weighted by atomic mass is 10.1. The molecule has 2 rings (SSSR count). The third-order valence-corrected chi connectivity index (χ3v) is 3.31. The molecule has 0 radical (unpaired) electrons. The minimum absolute atomic E-state index is 0.00646. The second kappa shape index (κ2) is 7.21. The van der Waals surface area contributed by atoms with Crippen molar-refractivity contribution < 1.29 is 24.1 Å². The molecule has 124 valence electrons. The number of aromatic nitrogens is 1. The number of rotatable bonds is 7. The molecule has 1 aromatic carbocycles. The molecule has 3 N–H and O–H groups in total. The van der Waals surface area contributed by atoms with Crippen LogP contribution < -0.4 is 10.7 Å². The number of nitrogens with one attached hydrogen (secondary N) is 1. The van der Waals surface area contributed by atoms with E-state index in [-0.39, 0.29) is 30.9 Å². The molecule has 8 heteroatoms. The van der Waals surface area contributed by atoms with E-state index in [2.05, 4.69) is 5.32 Å². The predicted octanol–water partition coefficient (Wildman–Crippen LogP) is 0.797. The standard InChI is InChI=1S/C15H17FN2O5/c1-18-8-10(15(21)22)14(20)9-6-11(16)12(7-13(9)18)17-2-4-23-5-3-19/h6-8,17,19H,2-5H2,1H3,(H,21,22). The second-order valence-electron chi connectivity index (χ2n) is 4.90. The van der Waals surface area contributed by atoms with Gasteiger partial charge in [0.2, 0.25) is 5.43 Å². The number of aliphatic hydroxyl groups excluding tert-OH is 1. The van der Waals surface area contributed by atoms with E-state index >= 15 is 0 Å². The van der Waals surface area contributed by atoms with Crippen LogP contribution in [0, 0.1) is 5.82 Å². The van der Waals surface area contributed by atoms with Crippen LogP contribution in [0.3, 0.4) is 0 Å². The van der Waals surface area contributed by atoms with Crippen LogP contribution in [0.5, 0.6) is 0 Å². The van der Waals surface area contributed by atoms with Gasteiger partial charge in [0, 0.05) is 25.2 Å². The zero-order chi connectivity index (χ0) is 17.0. The van der Waals surface area contributed by atoms with E-state index in [1.54, 1.807) is 7.05 Å². The number of aliphatic hydroxyl groups is 1. The van der Waals surface area contributed by atoms with Gasteiger partial charge in [-0.05, 0) is 12.1 Å². The Kier molecular flexibility index (Phi) is 5.30. The summed E-state index contributed by atoms with van der Waals surface area (Å²) in [6.07, 6.45) is 1.21. The lowest BCUT2D eigenvalue weighted by molar-refractivity contribution is 0.0695. The number of pyridine rings is 1. The Balaban J connectivity index is 2.34. The number of aryl methyl sites for hydroxylation is 1. The maximum absolute atomic E-state index is 14.1. The van der Waals surface area contributed by atoms with Crippen molar-refractivity contribution in [3.05, 3.63) is 39.9 Å². The molecule has 0 amide bonds. The van der Waals surface area contributed by atoms with E-state index in [0.717, 1.165) is 6.07 Å². The first-order valence-corrected chi connectivity index (χ1v) is 6.94. The molecule has 0 saturated carbocycles. The Hall–Kier alpha value is -2.45. The van der Waals surface area contributed by atoms with Gasteiger partial charge >= 0.3 is 5.97 Å². The molecule has 0 atom stereocenters. The number of hydrogen-bond acceptors (Lipinski definition) is 5. The fraction of sp³-hybridized carbons (Fsp3) is 0.333. The molecule has 2 aromatic rings. The van der Waals surface area contributed by atoms with Gasteiger partial charge in [-0.1, -0.05) is 0 Å². The topological polar surface area (TPSA) is 101 Å². The van der Waals surface area contributed by atoms with Gasteiger partial charge in [-0.25, -0.2) is 9.18 Å². The normalized spacial score (nSPS) is 10.9. The lowest BCUT2D eigenvalue weighted by Crippen LogP contribution is -2.18. The van der Waals surface area contributed by atoms with Crippen molar-refractivity contribution in [2.45, 2.75) is 0 Å². The average molecular weight is 324 g/mol. The van der Waals surface area contributed by atoms with E-state index in [0.29, 0.717) is 12.1 Å². The monoisotopic (exact) mass is 324 g/mol. The molecule has 0 spiro atoms. The first-order valence-electron chi connectivity index (χ1n) is 6.94. The Morgan fingerprint density at radius 1 is 1.39 bits per heavy atom. The van der Waals surface area contributed by atoms with Crippen LogP contribution in [0.15, 0.2) is 23.1 Å². The van der Waals surface area contributed by atoms with Crippen LogP contribution in [-0.2, 0) is 11.8 Å². The van der Waals surface area contributed by atoms with Crippen LogP contribution in [-0.4, -0.2) is 47.1 Å². The molecule has 0 fully saturated rings. The quantitative estimate of drug-likeness (QED) is 0.651. The van der Waals surface area contributed by atoms with Crippen LogP contribution in [0.25, 0.3) is 10.9 Å². The van der Waals surface area contributed by atoms with Crippen molar-refractivity contribution in [1.29, 1.82) is 0 Å². The van der Waals surface area contributed by atoms with Gasteiger partial charge in [-0.3, -0.25) is 4.79 Å². The minimum Gasteiger partial charge on any atom is -0.477 e. The van der Waals surface area contributed by atoms with Crippen molar-refractivity contribution >= 4 is 22.6 Å². The molecular formula is C15H17FN2O5. The van der Waals surface area contributed by atoms with Crippen molar-refractivity contribution in [1.82, 2.24) is 4.57 Å². The zero-order valence-electron chi connectivity index (χ0n) is 12.5. The third kappa shape index (κ3) is 3.66. The Morgan fingerprint density at radius 3 is 2.78 bits per heavy atom. The number of anilines is 1. The van der Waals surface area contributed by atoms with E-state index in [1.807, 2.05) is 0 Å². The average Bonchev–Trinajstić information content (AvgIpc) is 2.51. The number of carboxylic acids is 1. The van der Waals surface area contributed by atoms with Gasteiger partial charge in [0.05, 0.1) is 31.0 Å². The Morgan fingerprint density at radius 2 is 2.13 bits per heavy atom. The van der Waals surface area contributed by atoms with Gasteiger partial charge < -0.3 is 24.8 Å². The molecule has 0 aliphatic rings. The van der Waals surface area contributed by atoms with Crippen molar-refractivity contribution in [2.75, 3.05) is 31.7 Å². The fourth-order valence-electron chi connectivity index (χ4n) is 2.21. The number of ether oxygens (including phenoxy) is 1. The maximum Gasteiger partial charge on any atom is 0.341 e. The fourth-order valence-corrected chi connectivity index (χ4v) is 2.21. The number of carbonyl (C=O) groups is 1. The summed E-state index contributed by atoms with van der Waals surface area (Å²) in [6, 6.07) is 2.48. The smallest absolute Gasteiger partial charge is 0.341 e. The second-order valence-corrected chi connectivity index (χ2v) is 4.90. The van der Waals surface area contributed by atoms with Gasteiger partial charge in [0.15, 0.2) is 0 Å². The summed E-state index contributed by atoms with van der Waals surface area (Å²) in [5.74, 6) is -2.00. The summed E-state index contributed by atoms with van der Waals surface area (Å²) >= 11 is 0. The molecular weight excluding hydrogens is 307 g/mol. The highest BCUT2D eigenvalue weighted by Gasteiger charge is 2.15. The minimum atomic E-state index is -1.35. The predicted molar refractivity (Wildman–Crippen MR) is 82.5 cm³/mol. The number of halogens is 1. The van der Waals surface area contributed by atoms with Crippen molar-refractivity contribution in [2.24, 2.45) is 7.05 Å². The van der Waals surface area contributed by atoms with E-state index in [4.69, 9.17) is 14.9 Å². The molecule has 7 nitrogen and oxygen atoms in total. The molecule has 0 bridgehead atoms.